The fourth-order valence-electron chi connectivity index (χ4n) is 3.75. The lowest BCUT2D eigenvalue weighted by atomic mass is 9.79. The first-order valence-corrected chi connectivity index (χ1v) is 9.25. The summed E-state index contributed by atoms with van der Waals surface area (Å²) in [6.45, 7) is 6.19. The molecule has 1 aromatic rings. The molecule has 1 spiro atoms. The molecule has 0 aliphatic carbocycles. The highest BCUT2D eigenvalue weighted by molar-refractivity contribution is 7.99. The number of hydrogen-bond acceptors (Lipinski definition) is 4. The lowest BCUT2D eigenvalue weighted by molar-refractivity contribution is -0.0853. The molecule has 3 nitrogen and oxygen atoms in total. The van der Waals surface area contributed by atoms with E-state index in [4.69, 9.17) is 4.74 Å². The molecule has 2 saturated heterocycles. The number of hydrogen-bond donors (Lipinski definition) is 1. The zero-order chi connectivity index (χ0) is 14.7. The van der Waals surface area contributed by atoms with Crippen LogP contribution in [0.4, 0.5) is 0 Å². The zero-order valence-electron chi connectivity index (χ0n) is 13.1. The Morgan fingerprint density at radius 3 is 3.19 bits per heavy atom. The lowest BCUT2D eigenvalue weighted by Gasteiger charge is -2.41. The maximum atomic E-state index is 6.18. The van der Waals surface area contributed by atoms with Crippen LogP contribution in [-0.4, -0.2) is 35.2 Å². The minimum Gasteiger partial charge on any atom is -0.374 e. The lowest BCUT2D eigenvalue weighted by Crippen LogP contribution is -2.43. The van der Waals surface area contributed by atoms with Crippen molar-refractivity contribution < 1.29 is 4.74 Å². The first-order valence-electron chi connectivity index (χ1n) is 8.10. The van der Waals surface area contributed by atoms with E-state index in [1.165, 1.54) is 29.9 Å². The first-order chi connectivity index (χ1) is 10.2. The molecule has 0 amide bonds. The molecule has 3 atom stereocenters. The SMILES string of the molecule is CCNC(c1ccnc(C)c1)C1CCOC2(CCSC2)C1. The minimum atomic E-state index is 0.156. The Morgan fingerprint density at radius 2 is 2.48 bits per heavy atom. The number of thioether (sulfide) groups is 1. The van der Waals surface area contributed by atoms with Crippen LogP contribution in [0.25, 0.3) is 0 Å². The summed E-state index contributed by atoms with van der Waals surface area (Å²) in [5.74, 6) is 3.10. The fourth-order valence-corrected chi connectivity index (χ4v) is 5.13. The van der Waals surface area contributed by atoms with Gasteiger partial charge in [0.25, 0.3) is 0 Å². The Hall–Kier alpha value is -0.580. The number of aryl methyl sites for hydroxylation is 1. The molecule has 2 fully saturated rings. The first kappa shape index (κ1) is 15.3. The van der Waals surface area contributed by atoms with E-state index in [2.05, 4.69) is 36.3 Å². The highest BCUT2D eigenvalue weighted by Gasteiger charge is 2.42. The molecule has 4 heteroatoms. The van der Waals surface area contributed by atoms with Crippen molar-refractivity contribution in [1.82, 2.24) is 10.3 Å². The highest BCUT2D eigenvalue weighted by atomic mass is 32.2. The van der Waals surface area contributed by atoms with Crippen molar-refractivity contribution in [2.75, 3.05) is 24.7 Å². The molecule has 0 aromatic carbocycles. The zero-order valence-corrected chi connectivity index (χ0v) is 13.9. The van der Waals surface area contributed by atoms with Crippen molar-refractivity contribution >= 4 is 11.8 Å². The number of pyridine rings is 1. The maximum absolute atomic E-state index is 6.18. The molecule has 3 unspecified atom stereocenters. The van der Waals surface area contributed by atoms with Crippen molar-refractivity contribution in [3.63, 3.8) is 0 Å². The number of rotatable bonds is 4. The van der Waals surface area contributed by atoms with E-state index in [9.17, 15) is 0 Å². The summed E-state index contributed by atoms with van der Waals surface area (Å²) in [7, 11) is 0. The topological polar surface area (TPSA) is 34.2 Å². The van der Waals surface area contributed by atoms with Crippen LogP contribution in [0.5, 0.6) is 0 Å². The van der Waals surface area contributed by atoms with E-state index in [0.717, 1.165) is 25.3 Å². The third-order valence-electron chi connectivity index (χ3n) is 4.77. The van der Waals surface area contributed by atoms with Gasteiger partial charge in [0.2, 0.25) is 0 Å². The van der Waals surface area contributed by atoms with Gasteiger partial charge in [0.15, 0.2) is 0 Å². The van der Waals surface area contributed by atoms with Crippen molar-refractivity contribution in [2.45, 2.75) is 44.8 Å². The predicted molar refractivity (Wildman–Crippen MR) is 88.7 cm³/mol. The summed E-state index contributed by atoms with van der Waals surface area (Å²) in [5, 5.41) is 3.71. The largest absolute Gasteiger partial charge is 0.374 e. The number of aromatic nitrogens is 1. The van der Waals surface area contributed by atoms with Crippen LogP contribution in [0.15, 0.2) is 18.3 Å². The van der Waals surface area contributed by atoms with E-state index in [1.54, 1.807) is 0 Å². The molecule has 0 bridgehead atoms. The van der Waals surface area contributed by atoms with Gasteiger partial charge in [0, 0.05) is 30.3 Å². The predicted octanol–water partition coefficient (Wildman–Crippen LogP) is 3.34. The number of nitrogens with one attached hydrogen (secondary N) is 1. The van der Waals surface area contributed by atoms with Gasteiger partial charge < -0.3 is 10.1 Å². The Kier molecular flexibility index (Phi) is 4.87. The monoisotopic (exact) mass is 306 g/mol. The van der Waals surface area contributed by atoms with Gasteiger partial charge in [-0.15, -0.1) is 0 Å². The molecule has 116 valence electrons. The summed E-state index contributed by atoms with van der Waals surface area (Å²) in [4.78, 5) is 4.34. The molecule has 0 saturated carbocycles. The van der Waals surface area contributed by atoms with Gasteiger partial charge in [0.05, 0.1) is 5.60 Å². The van der Waals surface area contributed by atoms with Crippen molar-refractivity contribution in [3.05, 3.63) is 29.6 Å². The van der Waals surface area contributed by atoms with Gasteiger partial charge >= 0.3 is 0 Å². The van der Waals surface area contributed by atoms with Crippen molar-refractivity contribution in [2.24, 2.45) is 5.92 Å². The quantitative estimate of drug-likeness (QED) is 0.925. The smallest absolute Gasteiger partial charge is 0.0783 e. The van der Waals surface area contributed by atoms with Crippen molar-refractivity contribution in [3.8, 4) is 0 Å². The van der Waals surface area contributed by atoms with Gasteiger partial charge in [-0.05, 0) is 62.1 Å². The number of ether oxygens (including phenoxy) is 1. The molecule has 3 heterocycles. The molecule has 21 heavy (non-hydrogen) atoms. The molecule has 1 N–H and O–H groups in total. The highest BCUT2D eigenvalue weighted by Crippen LogP contribution is 2.44. The van der Waals surface area contributed by atoms with Crippen LogP contribution in [-0.2, 0) is 4.74 Å². The maximum Gasteiger partial charge on any atom is 0.0783 e. The summed E-state index contributed by atoms with van der Waals surface area (Å²) in [6, 6.07) is 4.84. The van der Waals surface area contributed by atoms with E-state index in [1.807, 2.05) is 18.0 Å². The molecular formula is C17H26N2OS. The summed E-state index contributed by atoms with van der Waals surface area (Å²) in [6.07, 6.45) is 5.52. The second-order valence-electron chi connectivity index (χ2n) is 6.35. The molecule has 0 radical (unpaired) electrons. The van der Waals surface area contributed by atoms with Crippen LogP contribution in [0.3, 0.4) is 0 Å². The number of nitrogens with zero attached hydrogens (tertiary/aromatic N) is 1. The average Bonchev–Trinajstić information content (AvgIpc) is 2.92. The van der Waals surface area contributed by atoms with Gasteiger partial charge in [-0.25, -0.2) is 0 Å². The van der Waals surface area contributed by atoms with Crippen LogP contribution in [0.1, 0.15) is 43.5 Å². The molecule has 2 aliphatic heterocycles. The molecule has 2 aliphatic rings. The summed E-state index contributed by atoms with van der Waals surface area (Å²) < 4.78 is 6.18. The Bertz CT molecular complexity index is 474. The third kappa shape index (κ3) is 3.43. The summed E-state index contributed by atoms with van der Waals surface area (Å²) in [5.41, 5.74) is 2.65. The van der Waals surface area contributed by atoms with E-state index >= 15 is 0 Å². The fraction of sp³-hybridized carbons (Fsp3) is 0.706. The third-order valence-corrected chi connectivity index (χ3v) is 6.00. The molecule has 1 aromatic heterocycles. The Balaban J connectivity index is 1.80. The van der Waals surface area contributed by atoms with E-state index < -0.39 is 0 Å². The molecule has 3 rings (SSSR count). The van der Waals surface area contributed by atoms with E-state index in [-0.39, 0.29) is 5.60 Å². The van der Waals surface area contributed by atoms with Crippen molar-refractivity contribution in [1.29, 1.82) is 0 Å². The Labute approximate surface area is 132 Å². The van der Waals surface area contributed by atoms with Crippen LogP contribution >= 0.6 is 11.8 Å². The van der Waals surface area contributed by atoms with Gasteiger partial charge in [-0.2, -0.15) is 11.8 Å². The minimum absolute atomic E-state index is 0.156. The van der Waals surface area contributed by atoms with Gasteiger partial charge in [-0.3, -0.25) is 4.98 Å². The molecular weight excluding hydrogens is 280 g/mol. The van der Waals surface area contributed by atoms with Crippen LogP contribution < -0.4 is 5.32 Å². The normalized spacial score (nSPS) is 30.7. The second-order valence-corrected chi connectivity index (χ2v) is 7.46. The second kappa shape index (κ2) is 6.67. The summed E-state index contributed by atoms with van der Waals surface area (Å²) >= 11 is 2.05. The Morgan fingerprint density at radius 1 is 1.57 bits per heavy atom. The van der Waals surface area contributed by atoms with Crippen LogP contribution in [0, 0.1) is 12.8 Å². The average molecular weight is 306 g/mol. The van der Waals surface area contributed by atoms with Gasteiger partial charge in [-0.1, -0.05) is 6.92 Å². The van der Waals surface area contributed by atoms with Crippen LogP contribution in [0.2, 0.25) is 0 Å². The standard InChI is InChI=1S/C17H26N2OS/c1-3-18-16(14-4-7-19-13(2)10-14)15-5-8-20-17(11-15)6-9-21-12-17/h4,7,10,15-16,18H,3,5-6,8-9,11-12H2,1-2H3. The van der Waals surface area contributed by atoms with E-state index in [0.29, 0.717) is 12.0 Å². The van der Waals surface area contributed by atoms with Gasteiger partial charge in [0.1, 0.15) is 0 Å².